The minimum atomic E-state index is -0.458. The van der Waals surface area contributed by atoms with Crippen molar-refractivity contribution in [2.75, 3.05) is 11.9 Å². The molecule has 0 saturated carbocycles. The number of benzene rings is 1. The lowest BCUT2D eigenvalue weighted by molar-refractivity contribution is -0.134. The monoisotopic (exact) mass is 291 g/mol. The molecule has 2 rings (SSSR count). The quantitative estimate of drug-likeness (QED) is 0.819. The number of carbonyl (C=O) groups is 2. The second kappa shape index (κ2) is 6.00. The van der Waals surface area contributed by atoms with E-state index in [0.717, 1.165) is 12.0 Å². The van der Waals surface area contributed by atoms with Crippen molar-refractivity contribution in [3.8, 4) is 0 Å². The molecular weight excluding hydrogens is 274 g/mol. The summed E-state index contributed by atoms with van der Waals surface area (Å²) in [4.78, 5) is 25.6. The number of nitrogens with one attached hydrogen (secondary N) is 1. The average molecular weight is 291 g/mol. The molecule has 1 saturated heterocycles. The van der Waals surface area contributed by atoms with Crippen molar-refractivity contribution >= 4 is 34.7 Å². The van der Waals surface area contributed by atoms with Gasteiger partial charge in [0.2, 0.25) is 11.8 Å². The van der Waals surface area contributed by atoms with E-state index in [0.29, 0.717) is 23.6 Å². The van der Waals surface area contributed by atoms with Gasteiger partial charge < -0.3 is 16.0 Å². The summed E-state index contributed by atoms with van der Waals surface area (Å²) in [5, 5.41) is 2.79. The highest BCUT2D eigenvalue weighted by Crippen LogP contribution is 2.16. The Kier molecular flexibility index (Phi) is 4.34. The van der Waals surface area contributed by atoms with Gasteiger partial charge in [-0.3, -0.25) is 9.59 Å². The molecule has 0 aliphatic carbocycles. The number of rotatable bonds is 4. The van der Waals surface area contributed by atoms with E-state index in [4.69, 9.17) is 18.0 Å². The van der Waals surface area contributed by atoms with Crippen LogP contribution in [0.25, 0.3) is 0 Å². The van der Waals surface area contributed by atoms with Gasteiger partial charge >= 0.3 is 0 Å². The number of nitrogens with two attached hydrogens (primary N) is 1. The second-order valence-electron chi connectivity index (χ2n) is 4.80. The van der Waals surface area contributed by atoms with Gasteiger partial charge in [-0.1, -0.05) is 12.2 Å². The lowest BCUT2D eigenvalue weighted by atomic mass is 10.2. The molecular formula is C14H17N3O2S. The Balaban J connectivity index is 2.00. The number of hydrogen-bond acceptors (Lipinski definition) is 3. The van der Waals surface area contributed by atoms with E-state index in [-0.39, 0.29) is 11.8 Å². The van der Waals surface area contributed by atoms with Crippen molar-refractivity contribution in [3.63, 3.8) is 0 Å². The van der Waals surface area contributed by atoms with Gasteiger partial charge in [0.25, 0.3) is 0 Å². The summed E-state index contributed by atoms with van der Waals surface area (Å²) in [6.07, 6.45) is 1.35. The third-order valence-electron chi connectivity index (χ3n) is 3.39. The average Bonchev–Trinajstić information content (AvgIpc) is 2.84. The second-order valence-corrected chi connectivity index (χ2v) is 5.24. The third-order valence-corrected chi connectivity index (χ3v) is 3.63. The predicted octanol–water partition coefficient (Wildman–Crippen LogP) is 1.27. The minimum Gasteiger partial charge on any atom is -0.389 e. The van der Waals surface area contributed by atoms with E-state index < -0.39 is 6.04 Å². The number of likely N-dealkylation sites (tertiary alicyclic amines) is 1. The summed E-state index contributed by atoms with van der Waals surface area (Å²) >= 11 is 4.87. The van der Waals surface area contributed by atoms with Crippen LogP contribution in [-0.4, -0.2) is 34.3 Å². The van der Waals surface area contributed by atoms with E-state index in [1.54, 1.807) is 36.1 Å². The van der Waals surface area contributed by atoms with Crippen molar-refractivity contribution in [2.45, 2.75) is 25.8 Å². The van der Waals surface area contributed by atoms with Crippen LogP contribution < -0.4 is 11.1 Å². The summed E-state index contributed by atoms with van der Waals surface area (Å²) in [5.74, 6) is -0.153. The van der Waals surface area contributed by atoms with E-state index in [1.807, 2.05) is 0 Å². The van der Waals surface area contributed by atoms with Crippen molar-refractivity contribution in [2.24, 2.45) is 5.73 Å². The Morgan fingerprint density at radius 3 is 2.55 bits per heavy atom. The maximum absolute atomic E-state index is 12.1. The summed E-state index contributed by atoms with van der Waals surface area (Å²) < 4.78 is 0. The summed E-state index contributed by atoms with van der Waals surface area (Å²) in [5.41, 5.74) is 6.92. The van der Waals surface area contributed by atoms with Crippen LogP contribution in [0.4, 0.5) is 5.69 Å². The zero-order valence-corrected chi connectivity index (χ0v) is 12.1. The van der Waals surface area contributed by atoms with Gasteiger partial charge in [-0.25, -0.2) is 0 Å². The van der Waals surface area contributed by atoms with Crippen LogP contribution in [-0.2, 0) is 9.59 Å². The maximum atomic E-state index is 12.1. The largest absolute Gasteiger partial charge is 0.389 e. The minimum absolute atomic E-state index is 0.0384. The highest BCUT2D eigenvalue weighted by molar-refractivity contribution is 7.80. The highest BCUT2D eigenvalue weighted by atomic mass is 32.1. The molecule has 1 heterocycles. The number of nitrogens with zero attached hydrogens (tertiary/aromatic N) is 1. The molecule has 106 valence electrons. The Morgan fingerprint density at radius 2 is 2.05 bits per heavy atom. The highest BCUT2D eigenvalue weighted by Gasteiger charge is 2.29. The molecule has 1 aliphatic rings. The van der Waals surface area contributed by atoms with Gasteiger partial charge in [-0.05, 0) is 37.6 Å². The van der Waals surface area contributed by atoms with Crippen LogP contribution in [0, 0.1) is 0 Å². The summed E-state index contributed by atoms with van der Waals surface area (Å²) in [6.45, 7) is 2.38. The van der Waals surface area contributed by atoms with Crippen molar-refractivity contribution in [3.05, 3.63) is 29.8 Å². The van der Waals surface area contributed by atoms with E-state index in [9.17, 15) is 9.59 Å². The van der Waals surface area contributed by atoms with Crippen molar-refractivity contribution < 1.29 is 9.59 Å². The first-order chi connectivity index (χ1) is 9.49. The molecule has 2 amide bonds. The predicted molar refractivity (Wildman–Crippen MR) is 81.4 cm³/mol. The van der Waals surface area contributed by atoms with Crippen LogP contribution >= 0.6 is 12.2 Å². The number of amides is 2. The molecule has 1 aromatic carbocycles. The molecule has 0 bridgehead atoms. The Bertz CT molecular complexity index is 542. The van der Waals surface area contributed by atoms with Gasteiger partial charge in [0, 0.05) is 24.2 Å². The van der Waals surface area contributed by atoms with Gasteiger partial charge in [-0.15, -0.1) is 0 Å². The normalized spacial score (nSPS) is 16.1. The standard InChI is InChI=1S/C14H17N3O2S/c1-9(17-8-2-3-12(17)18)14(19)16-11-6-4-10(5-7-11)13(15)20/h4-7,9H,2-3,8H2,1H3,(H2,15,20)(H,16,19). The maximum Gasteiger partial charge on any atom is 0.246 e. The van der Waals surface area contributed by atoms with Crippen LogP contribution in [0.2, 0.25) is 0 Å². The molecule has 1 atom stereocenters. The fraction of sp³-hybridized carbons (Fsp3) is 0.357. The molecule has 1 aromatic rings. The van der Waals surface area contributed by atoms with Crippen LogP contribution in [0.15, 0.2) is 24.3 Å². The van der Waals surface area contributed by atoms with Crippen molar-refractivity contribution in [1.29, 1.82) is 0 Å². The molecule has 0 aromatic heterocycles. The van der Waals surface area contributed by atoms with Crippen LogP contribution in [0.1, 0.15) is 25.3 Å². The number of anilines is 1. The molecule has 3 N–H and O–H groups in total. The third kappa shape index (κ3) is 3.14. The zero-order chi connectivity index (χ0) is 14.7. The Hall–Kier alpha value is -1.95. The lowest BCUT2D eigenvalue weighted by Gasteiger charge is -2.23. The zero-order valence-electron chi connectivity index (χ0n) is 11.3. The summed E-state index contributed by atoms with van der Waals surface area (Å²) in [7, 11) is 0. The Labute approximate surface area is 123 Å². The fourth-order valence-electron chi connectivity index (χ4n) is 2.18. The number of carbonyl (C=O) groups excluding carboxylic acids is 2. The molecule has 6 heteroatoms. The molecule has 1 unspecified atom stereocenters. The molecule has 0 radical (unpaired) electrons. The molecule has 5 nitrogen and oxygen atoms in total. The molecule has 1 fully saturated rings. The van der Waals surface area contributed by atoms with Crippen LogP contribution in [0.3, 0.4) is 0 Å². The van der Waals surface area contributed by atoms with Gasteiger partial charge in [0.15, 0.2) is 0 Å². The van der Waals surface area contributed by atoms with E-state index >= 15 is 0 Å². The molecule has 1 aliphatic heterocycles. The number of thiocarbonyl (C=S) groups is 1. The smallest absolute Gasteiger partial charge is 0.246 e. The van der Waals surface area contributed by atoms with Crippen molar-refractivity contribution in [1.82, 2.24) is 4.90 Å². The first-order valence-corrected chi connectivity index (χ1v) is 6.90. The van der Waals surface area contributed by atoms with Gasteiger partial charge in [-0.2, -0.15) is 0 Å². The summed E-state index contributed by atoms with van der Waals surface area (Å²) in [6, 6.07) is 6.53. The van der Waals surface area contributed by atoms with Crippen LogP contribution in [0.5, 0.6) is 0 Å². The SMILES string of the molecule is CC(C(=O)Nc1ccc(C(N)=S)cc1)N1CCCC1=O. The molecule has 20 heavy (non-hydrogen) atoms. The fourth-order valence-corrected chi connectivity index (χ4v) is 2.32. The first-order valence-electron chi connectivity index (χ1n) is 6.49. The molecule has 0 spiro atoms. The Morgan fingerprint density at radius 1 is 1.40 bits per heavy atom. The topological polar surface area (TPSA) is 75.4 Å². The van der Waals surface area contributed by atoms with Gasteiger partial charge in [0.1, 0.15) is 11.0 Å². The number of hydrogen-bond donors (Lipinski definition) is 2. The van der Waals surface area contributed by atoms with E-state index in [2.05, 4.69) is 5.32 Å². The van der Waals surface area contributed by atoms with E-state index in [1.165, 1.54) is 0 Å². The lowest BCUT2D eigenvalue weighted by Crippen LogP contribution is -2.42. The van der Waals surface area contributed by atoms with Gasteiger partial charge in [0.05, 0.1) is 0 Å². The first kappa shape index (κ1) is 14.5.